The molecule has 7 heteroatoms. The van der Waals surface area contributed by atoms with E-state index in [-0.39, 0.29) is 11.9 Å². The molecule has 1 aliphatic rings. The highest BCUT2D eigenvalue weighted by Crippen LogP contribution is 2.29. The van der Waals surface area contributed by atoms with Gasteiger partial charge in [-0.2, -0.15) is 4.98 Å². The predicted octanol–water partition coefficient (Wildman–Crippen LogP) is 2.07. The number of hydrogen-bond donors (Lipinski definition) is 0. The van der Waals surface area contributed by atoms with Crippen LogP contribution < -0.4 is 0 Å². The topological polar surface area (TPSA) is 75.6 Å². The summed E-state index contributed by atoms with van der Waals surface area (Å²) >= 11 is 0. The van der Waals surface area contributed by atoms with Gasteiger partial charge >= 0.3 is 0 Å². The number of hydrogen-bond acceptors (Lipinski definition) is 6. The average Bonchev–Trinajstić information content (AvgIpc) is 3.21. The molecular formula is C16H22N4O3. The first-order valence-electron chi connectivity index (χ1n) is 7.86. The minimum atomic E-state index is 0.0613. The molecule has 0 N–H and O–H groups in total. The van der Waals surface area contributed by atoms with E-state index >= 15 is 0 Å². The molecule has 1 fully saturated rings. The summed E-state index contributed by atoms with van der Waals surface area (Å²) in [5, 5.41) is 4.00. The van der Waals surface area contributed by atoms with Gasteiger partial charge < -0.3 is 13.8 Å². The summed E-state index contributed by atoms with van der Waals surface area (Å²) < 4.78 is 10.6. The molecule has 23 heavy (non-hydrogen) atoms. The molecule has 3 heterocycles. The van der Waals surface area contributed by atoms with Gasteiger partial charge in [0, 0.05) is 14.0 Å². The van der Waals surface area contributed by atoms with Gasteiger partial charge in [-0.25, -0.2) is 0 Å². The van der Waals surface area contributed by atoms with E-state index in [0.29, 0.717) is 24.8 Å². The zero-order chi connectivity index (χ0) is 16.4. The molecule has 1 aliphatic heterocycles. The maximum atomic E-state index is 12.5. The van der Waals surface area contributed by atoms with Gasteiger partial charge in [0.05, 0.1) is 19.1 Å². The van der Waals surface area contributed by atoms with E-state index in [1.807, 2.05) is 19.1 Å². The van der Waals surface area contributed by atoms with E-state index in [9.17, 15) is 4.79 Å². The SMILES string of the molecule is Cc1ccc(CN(C)C(=O)CN2CCC[C@@H]2c2noc(C)n2)o1. The first-order chi connectivity index (χ1) is 11.0. The Morgan fingerprint density at radius 1 is 1.43 bits per heavy atom. The standard InChI is InChI=1S/C16H22N4O3/c1-11-6-7-13(22-11)9-19(3)15(21)10-20-8-4-5-14(20)16-17-12(2)23-18-16/h6-7,14H,4-5,8-10H2,1-3H3/t14-/m1/s1. The van der Waals surface area contributed by atoms with E-state index in [1.165, 1.54) is 0 Å². The summed E-state index contributed by atoms with van der Waals surface area (Å²) in [4.78, 5) is 20.6. The molecule has 2 aromatic heterocycles. The predicted molar refractivity (Wildman–Crippen MR) is 82.5 cm³/mol. The van der Waals surface area contributed by atoms with Crippen LogP contribution in [-0.4, -0.2) is 46.0 Å². The van der Waals surface area contributed by atoms with E-state index in [2.05, 4.69) is 15.0 Å². The molecule has 1 saturated heterocycles. The second-order valence-corrected chi connectivity index (χ2v) is 6.06. The van der Waals surface area contributed by atoms with Crippen molar-refractivity contribution in [1.29, 1.82) is 0 Å². The number of furan rings is 1. The van der Waals surface area contributed by atoms with Gasteiger partial charge in [0.2, 0.25) is 11.8 Å². The molecule has 0 radical (unpaired) electrons. The van der Waals surface area contributed by atoms with E-state index in [4.69, 9.17) is 8.94 Å². The lowest BCUT2D eigenvalue weighted by molar-refractivity contribution is -0.132. The molecule has 0 aliphatic carbocycles. The lowest BCUT2D eigenvalue weighted by Gasteiger charge is -2.24. The summed E-state index contributed by atoms with van der Waals surface area (Å²) in [6.07, 6.45) is 1.99. The van der Waals surface area contributed by atoms with Gasteiger partial charge in [0.25, 0.3) is 0 Å². The van der Waals surface area contributed by atoms with Crippen LogP contribution in [0.15, 0.2) is 21.1 Å². The Bertz CT molecular complexity index is 678. The summed E-state index contributed by atoms with van der Waals surface area (Å²) in [7, 11) is 1.80. The van der Waals surface area contributed by atoms with E-state index in [1.54, 1.807) is 18.9 Å². The van der Waals surface area contributed by atoms with Crippen LogP contribution in [0, 0.1) is 13.8 Å². The maximum absolute atomic E-state index is 12.5. The Kier molecular flexibility index (Phi) is 4.47. The van der Waals surface area contributed by atoms with Crippen molar-refractivity contribution in [1.82, 2.24) is 19.9 Å². The van der Waals surface area contributed by atoms with Crippen molar-refractivity contribution in [3.05, 3.63) is 35.4 Å². The lowest BCUT2D eigenvalue weighted by atomic mass is 10.2. The number of likely N-dealkylation sites (tertiary alicyclic amines) is 1. The number of nitrogens with zero attached hydrogens (tertiary/aromatic N) is 4. The fraction of sp³-hybridized carbons (Fsp3) is 0.562. The smallest absolute Gasteiger partial charge is 0.236 e. The number of carbonyl (C=O) groups excluding carboxylic acids is 1. The molecule has 2 aromatic rings. The second kappa shape index (κ2) is 6.54. The molecule has 0 saturated carbocycles. The number of aryl methyl sites for hydroxylation is 2. The third-order valence-corrected chi connectivity index (χ3v) is 4.16. The van der Waals surface area contributed by atoms with Crippen molar-refractivity contribution in [2.45, 2.75) is 39.3 Å². The average molecular weight is 318 g/mol. The quantitative estimate of drug-likeness (QED) is 0.840. The zero-order valence-corrected chi connectivity index (χ0v) is 13.8. The third kappa shape index (κ3) is 3.61. The Balaban J connectivity index is 1.60. The van der Waals surface area contributed by atoms with E-state index in [0.717, 1.165) is 30.9 Å². The summed E-state index contributed by atoms with van der Waals surface area (Å²) in [6, 6.07) is 3.87. The van der Waals surface area contributed by atoms with Crippen molar-refractivity contribution < 1.29 is 13.7 Å². The molecule has 0 unspecified atom stereocenters. The van der Waals surface area contributed by atoms with Crippen molar-refractivity contribution in [2.24, 2.45) is 0 Å². The summed E-state index contributed by atoms with van der Waals surface area (Å²) in [5.74, 6) is 2.95. The molecular weight excluding hydrogens is 296 g/mol. The highest BCUT2D eigenvalue weighted by Gasteiger charge is 2.31. The Hall–Kier alpha value is -2.15. The Morgan fingerprint density at radius 2 is 2.26 bits per heavy atom. The normalized spacial score (nSPS) is 18.5. The monoisotopic (exact) mass is 318 g/mol. The van der Waals surface area contributed by atoms with Crippen LogP contribution in [0.2, 0.25) is 0 Å². The minimum absolute atomic E-state index is 0.0613. The van der Waals surface area contributed by atoms with Gasteiger partial charge in [-0.3, -0.25) is 9.69 Å². The molecule has 0 bridgehead atoms. The molecule has 0 aromatic carbocycles. The van der Waals surface area contributed by atoms with Crippen LogP contribution in [0.5, 0.6) is 0 Å². The van der Waals surface area contributed by atoms with Crippen LogP contribution in [0.4, 0.5) is 0 Å². The highest BCUT2D eigenvalue weighted by atomic mass is 16.5. The Labute approximate surface area is 135 Å². The van der Waals surface area contributed by atoms with Crippen molar-refractivity contribution in [3.63, 3.8) is 0 Å². The fourth-order valence-corrected chi connectivity index (χ4v) is 2.94. The molecule has 124 valence electrons. The number of aromatic nitrogens is 2. The zero-order valence-electron chi connectivity index (χ0n) is 13.8. The van der Waals surface area contributed by atoms with Crippen LogP contribution in [0.1, 0.15) is 42.1 Å². The van der Waals surface area contributed by atoms with Gasteiger partial charge in [-0.05, 0) is 38.4 Å². The first kappa shape index (κ1) is 15.7. The molecule has 0 spiro atoms. The molecule has 3 rings (SSSR count). The van der Waals surface area contributed by atoms with E-state index < -0.39 is 0 Å². The molecule has 1 amide bonds. The van der Waals surface area contributed by atoms with Crippen molar-refractivity contribution >= 4 is 5.91 Å². The number of rotatable bonds is 5. The Morgan fingerprint density at radius 3 is 2.91 bits per heavy atom. The second-order valence-electron chi connectivity index (χ2n) is 6.06. The summed E-state index contributed by atoms with van der Waals surface area (Å²) in [6.45, 7) is 5.38. The fourth-order valence-electron chi connectivity index (χ4n) is 2.94. The molecule has 1 atom stereocenters. The van der Waals surface area contributed by atoms with Crippen LogP contribution >= 0.6 is 0 Å². The molecule has 7 nitrogen and oxygen atoms in total. The van der Waals surface area contributed by atoms with Gasteiger partial charge in [0.15, 0.2) is 5.82 Å². The number of likely N-dealkylation sites (N-methyl/N-ethyl adjacent to an activating group) is 1. The van der Waals surface area contributed by atoms with Gasteiger partial charge in [0.1, 0.15) is 11.5 Å². The number of carbonyl (C=O) groups is 1. The lowest BCUT2D eigenvalue weighted by Crippen LogP contribution is -2.38. The van der Waals surface area contributed by atoms with Gasteiger partial charge in [-0.1, -0.05) is 5.16 Å². The van der Waals surface area contributed by atoms with Crippen LogP contribution in [-0.2, 0) is 11.3 Å². The van der Waals surface area contributed by atoms with Crippen LogP contribution in [0.25, 0.3) is 0 Å². The highest BCUT2D eigenvalue weighted by molar-refractivity contribution is 5.78. The van der Waals surface area contributed by atoms with Crippen LogP contribution in [0.3, 0.4) is 0 Å². The maximum Gasteiger partial charge on any atom is 0.236 e. The largest absolute Gasteiger partial charge is 0.464 e. The first-order valence-corrected chi connectivity index (χ1v) is 7.86. The minimum Gasteiger partial charge on any atom is -0.464 e. The third-order valence-electron chi connectivity index (χ3n) is 4.16. The van der Waals surface area contributed by atoms with Crippen molar-refractivity contribution in [3.8, 4) is 0 Å². The number of amides is 1. The van der Waals surface area contributed by atoms with Crippen molar-refractivity contribution in [2.75, 3.05) is 20.1 Å². The van der Waals surface area contributed by atoms with Gasteiger partial charge in [-0.15, -0.1) is 0 Å². The summed E-state index contributed by atoms with van der Waals surface area (Å²) in [5.41, 5.74) is 0.